The topological polar surface area (TPSA) is 139 Å². The number of hydrogen-bond donors (Lipinski definition) is 6. The third-order valence-corrected chi connectivity index (χ3v) is 1.71. The summed E-state index contributed by atoms with van der Waals surface area (Å²) in [5.74, 6) is -1.00. The molecule has 0 rings (SSSR count). The van der Waals surface area contributed by atoms with Gasteiger partial charge >= 0.3 is 0 Å². The van der Waals surface area contributed by atoms with Gasteiger partial charge in [0.25, 0.3) is 0 Å². The van der Waals surface area contributed by atoms with Crippen molar-refractivity contribution in [3.8, 4) is 0 Å². The maximum Gasteiger partial charge on any atom is 0.189 e. The molecular formula is C8H18ClNO7. The minimum Gasteiger partial charge on any atom is -0.388 e. The number of aliphatic hydroxyl groups is 5. The fraction of sp³-hybridized carbons (Fsp3) is 0.875. The van der Waals surface area contributed by atoms with Gasteiger partial charge in [0, 0.05) is 0 Å². The van der Waals surface area contributed by atoms with Crippen molar-refractivity contribution in [2.24, 2.45) is 0 Å². The highest BCUT2D eigenvalue weighted by molar-refractivity contribution is 5.85. The summed E-state index contributed by atoms with van der Waals surface area (Å²) in [6.07, 6.45) is -6.14. The van der Waals surface area contributed by atoms with Crippen molar-refractivity contribution in [2.45, 2.75) is 31.5 Å². The number of halogens is 1. The molecule has 0 bridgehead atoms. The molecule has 17 heavy (non-hydrogen) atoms. The normalized spacial score (nSPS) is 17.8. The zero-order chi connectivity index (χ0) is 12.7. The van der Waals surface area contributed by atoms with E-state index in [9.17, 15) is 15.0 Å². The molecule has 0 fully saturated rings. The summed E-state index contributed by atoms with van der Waals surface area (Å²) in [7, 11) is 0. The lowest BCUT2D eigenvalue weighted by molar-refractivity contribution is -0.149. The molecule has 1 unspecified atom stereocenters. The van der Waals surface area contributed by atoms with E-state index in [0.717, 1.165) is 0 Å². The Labute approximate surface area is 104 Å². The summed E-state index contributed by atoms with van der Waals surface area (Å²) in [4.78, 5) is 15.3. The van der Waals surface area contributed by atoms with Crippen LogP contribution in [0.25, 0.3) is 0 Å². The van der Waals surface area contributed by atoms with Crippen LogP contribution in [0.3, 0.4) is 0 Å². The first-order valence-corrected chi connectivity index (χ1v) is 4.63. The van der Waals surface area contributed by atoms with Crippen LogP contribution in [-0.4, -0.2) is 69.1 Å². The fourth-order valence-corrected chi connectivity index (χ4v) is 0.847. The molecule has 0 aliphatic rings. The Hall–Kier alpha value is -0.320. The van der Waals surface area contributed by atoms with Gasteiger partial charge in [-0.1, -0.05) is 0 Å². The van der Waals surface area contributed by atoms with Gasteiger partial charge in [-0.2, -0.15) is 5.48 Å². The summed E-state index contributed by atoms with van der Waals surface area (Å²) in [5.41, 5.74) is 2.08. The lowest BCUT2D eigenvalue weighted by Gasteiger charge is -2.21. The van der Waals surface area contributed by atoms with Gasteiger partial charge in [0.2, 0.25) is 0 Å². The Morgan fingerprint density at radius 1 is 1.29 bits per heavy atom. The van der Waals surface area contributed by atoms with Crippen LogP contribution in [0.4, 0.5) is 0 Å². The molecule has 0 aromatic heterocycles. The Balaban J connectivity index is 0. The maximum absolute atomic E-state index is 10.8. The van der Waals surface area contributed by atoms with E-state index >= 15 is 0 Å². The number of aliphatic hydroxyl groups excluding tert-OH is 5. The van der Waals surface area contributed by atoms with Crippen molar-refractivity contribution in [1.29, 1.82) is 0 Å². The third kappa shape index (κ3) is 7.58. The molecule has 8 nitrogen and oxygen atoms in total. The predicted octanol–water partition coefficient (Wildman–Crippen LogP) is -3.09. The fourth-order valence-electron chi connectivity index (χ4n) is 0.847. The highest BCUT2D eigenvalue weighted by Crippen LogP contribution is 2.02. The van der Waals surface area contributed by atoms with E-state index in [4.69, 9.17) is 15.3 Å². The smallest absolute Gasteiger partial charge is 0.189 e. The van der Waals surface area contributed by atoms with Crippen LogP contribution in [0.1, 0.15) is 6.92 Å². The van der Waals surface area contributed by atoms with Crippen molar-refractivity contribution in [3.63, 3.8) is 0 Å². The minimum absolute atomic E-state index is 0. The molecule has 0 aromatic rings. The molecule has 6 N–H and O–H groups in total. The molecule has 0 aromatic carbocycles. The predicted molar refractivity (Wildman–Crippen MR) is 58.1 cm³/mol. The SMILES string of the molecule is CC(O)NOC[C@H](O)[C@@H](O)[C@H](O)C(=O)CO.Cl. The van der Waals surface area contributed by atoms with Crippen LogP contribution in [0.5, 0.6) is 0 Å². The summed E-state index contributed by atoms with van der Waals surface area (Å²) in [6, 6.07) is 0. The van der Waals surface area contributed by atoms with Gasteiger partial charge in [0.15, 0.2) is 5.78 Å². The molecule has 0 aliphatic carbocycles. The minimum atomic E-state index is -1.88. The van der Waals surface area contributed by atoms with E-state index < -0.39 is 43.5 Å². The second kappa shape index (κ2) is 9.68. The van der Waals surface area contributed by atoms with E-state index in [1.165, 1.54) is 6.92 Å². The van der Waals surface area contributed by atoms with Crippen LogP contribution in [0.15, 0.2) is 0 Å². The summed E-state index contributed by atoms with van der Waals surface area (Å²) < 4.78 is 0. The molecular weight excluding hydrogens is 258 g/mol. The van der Waals surface area contributed by atoms with Crippen LogP contribution in [0, 0.1) is 0 Å². The lowest BCUT2D eigenvalue weighted by atomic mass is 10.1. The van der Waals surface area contributed by atoms with E-state index in [1.807, 2.05) is 0 Å². The monoisotopic (exact) mass is 275 g/mol. The number of carbonyl (C=O) groups is 1. The highest BCUT2D eigenvalue weighted by atomic mass is 35.5. The van der Waals surface area contributed by atoms with Crippen LogP contribution >= 0.6 is 12.4 Å². The van der Waals surface area contributed by atoms with Crippen molar-refractivity contribution in [1.82, 2.24) is 5.48 Å². The first kappa shape index (κ1) is 19.0. The summed E-state index contributed by atoms with van der Waals surface area (Å²) >= 11 is 0. The number of ketones is 1. The number of Topliss-reactive ketones (excluding diaryl/α,β-unsaturated/α-hetero) is 1. The molecule has 0 saturated carbocycles. The molecule has 9 heteroatoms. The summed E-state index contributed by atoms with van der Waals surface area (Å²) in [5, 5.41) is 44.8. The average Bonchev–Trinajstić information content (AvgIpc) is 2.25. The van der Waals surface area contributed by atoms with Gasteiger partial charge in [0.1, 0.15) is 31.1 Å². The Kier molecular flexibility index (Phi) is 10.8. The standard InChI is InChI=1S/C8H17NO7.ClH/c1-4(11)9-16-3-6(13)8(15)7(14)5(12)2-10;/h4,6-11,13-15H,2-3H2,1H3;1H/t4?,6-,7+,8+;/m0./s1. The van der Waals surface area contributed by atoms with E-state index in [-0.39, 0.29) is 12.4 Å². The first-order valence-electron chi connectivity index (χ1n) is 4.63. The number of nitrogens with one attached hydrogen (secondary N) is 1. The molecule has 104 valence electrons. The number of rotatable bonds is 8. The quantitative estimate of drug-likeness (QED) is 0.202. The zero-order valence-corrected chi connectivity index (χ0v) is 10.0. The van der Waals surface area contributed by atoms with Crippen LogP contribution in [-0.2, 0) is 9.63 Å². The Morgan fingerprint density at radius 3 is 2.24 bits per heavy atom. The van der Waals surface area contributed by atoms with Crippen molar-refractivity contribution >= 4 is 18.2 Å². The van der Waals surface area contributed by atoms with Crippen molar-refractivity contribution < 1.29 is 35.2 Å². The summed E-state index contributed by atoms with van der Waals surface area (Å²) in [6.45, 7) is -0.00743. The molecule has 0 spiro atoms. The number of hydroxylamine groups is 1. The van der Waals surface area contributed by atoms with E-state index in [0.29, 0.717) is 0 Å². The molecule has 0 aliphatic heterocycles. The van der Waals surface area contributed by atoms with Crippen molar-refractivity contribution in [2.75, 3.05) is 13.2 Å². The maximum atomic E-state index is 10.8. The van der Waals surface area contributed by atoms with E-state index in [2.05, 4.69) is 10.3 Å². The van der Waals surface area contributed by atoms with Gasteiger partial charge in [-0.25, -0.2) is 0 Å². The van der Waals surface area contributed by atoms with Gasteiger partial charge in [-0.3, -0.25) is 9.63 Å². The second-order valence-electron chi connectivity index (χ2n) is 3.23. The van der Waals surface area contributed by atoms with Gasteiger partial charge in [-0.05, 0) is 6.92 Å². The highest BCUT2D eigenvalue weighted by Gasteiger charge is 2.29. The van der Waals surface area contributed by atoms with E-state index in [1.54, 1.807) is 0 Å². The third-order valence-electron chi connectivity index (χ3n) is 1.71. The van der Waals surface area contributed by atoms with Crippen LogP contribution in [0.2, 0.25) is 0 Å². The molecule has 0 saturated heterocycles. The van der Waals surface area contributed by atoms with Crippen molar-refractivity contribution in [3.05, 3.63) is 0 Å². The molecule has 4 atom stereocenters. The van der Waals surface area contributed by atoms with Gasteiger partial charge in [0.05, 0.1) is 6.61 Å². The largest absolute Gasteiger partial charge is 0.388 e. The van der Waals surface area contributed by atoms with Crippen LogP contribution < -0.4 is 5.48 Å². The molecule has 0 amide bonds. The first-order chi connectivity index (χ1) is 7.40. The zero-order valence-electron chi connectivity index (χ0n) is 9.18. The molecule has 0 radical (unpaired) electrons. The number of hydrogen-bond acceptors (Lipinski definition) is 8. The second-order valence-corrected chi connectivity index (χ2v) is 3.23. The molecule has 0 heterocycles. The van der Waals surface area contributed by atoms with Gasteiger partial charge in [-0.15, -0.1) is 12.4 Å². The lowest BCUT2D eigenvalue weighted by Crippen LogP contribution is -2.46. The Morgan fingerprint density at radius 2 is 1.82 bits per heavy atom. The number of carbonyl (C=O) groups excluding carboxylic acids is 1. The van der Waals surface area contributed by atoms with Gasteiger partial charge < -0.3 is 25.5 Å². The Bertz CT molecular complexity index is 216. The average molecular weight is 276 g/mol.